The number of fused-ring (bicyclic) bond motifs is 6. The lowest BCUT2D eigenvalue weighted by Gasteiger charge is -2.49. The van der Waals surface area contributed by atoms with Gasteiger partial charge >= 0.3 is 5.97 Å². The Hall–Kier alpha value is -2.55. The van der Waals surface area contributed by atoms with Crippen LogP contribution in [0, 0.1) is 11.8 Å². The summed E-state index contributed by atoms with van der Waals surface area (Å²) in [6.07, 6.45) is 11.0. The lowest BCUT2D eigenvalue weighted by Crippen LogP contribution is -2.54. The third-order valence-electron chi connectivity index (χ3n) is 7.00. The highest BCUT2D eigenvalue weighted by Gasteiger charge is 2.50. The molecule has 2 aromatic carbocycles. The third kappa shape index (κ3) is 1.71. The minimum atomic E-state index is -0.669. The summed E-state index contributed by atoms with van der Waals surface area (Å²) in [4.78, 5) is 14.5. The van der Waals surface area contributed by atoms with Crippen LogP contribution in [0.25, 0.3) is 10.8 Å². The van der Waals surface area contributed by atoms with E-state index in [9.17, 15) is 9.90 Å². The van der Waals surface area contributed by atoms with Gasteiger partial charge in [0.1, 0.15) is 6.04 Å². The number of aliphatic carboxylic acids is 1. The SMILES string of the molecule is O=C(O)[C@H]1[C@H]2CC=C[C@H]2c2c3c(cc4ccccc24)[C@H]2C=CC[C@@H]2CN31. The average Bonchev–Trinajstić information content (AvgIpc) is 3.30. The van der Waals surface area contributed by atoms with Gasteiger partial charge in [-0.2, -0.15) is 0 Å². The summed E-state index contributed by atoms with van der Waals surface area (Å²) in [7, 11) is 0. The molecule has 2 heterocycles. The molecule has 5 atom stereocenters. The molecule has 0 bridgehead atoms. The smallest absolute Gasteiger partial charge is 0.326 e. The third-order valence-corrected chi connectivity index (χ3v) is 7.00. The Morgan fingerprint density at radius 3 is 2.77 bits per heavy atom. The van der Waals surface area contributed by atoms with Crippen LogP contribution in [-0.2, 0) is 4.79 Å². The van der Waals surface area contributed by atoms with E-state index < -0.39 is 12.0 Å². The first-order valence-electron chi connectivity index (χ1n) is 9.62. The predicted molar refractivity (Wildman–Crippen MR) is 103 cm³/mol. The minimum absolute atomic E-state index is 0.143. The lowest BCUT2D eigenvalue weighted by atomic mass is 9.70. The number of nitrogens with zero attached hydrogens (tertiary/aromatic N) is 1. The molecule has 3 heteroatoms. The van der Waals surface area contributed by atoms with Gasteiger partial charge in [0, 0.05) is 30.0 Å². The molecule has 1 N–H and O–H groups in total. The molecule has 0 saturated carbocycles. The second-order valence-electron chi connectivity index (χ2n) is 8.19. The van der Waals surface area contributed by atoms with E-state index in [1.54, 1.807) is 0 Å². The number of anilines is 1. The van der Waals surface area contributed by atoms with Crippen molar-refractivity contribution < 1.29 is 9.90 Å². The van der Waals surface area contributed by atoms with E-state index in [4.69, 9.17) is 0 Å². The lowest BCUT2D eigenvalue weighted by molar-refractivity contribution is -0.140. The van der Waals surface area contributed by atoms with Crippen LogP contribution < -0.4 is 4.90 Å². The Bertz CT molecular complexity index is 1000. The van der Waals surface area contributed by atoms with Gasteiger partial charge in [0.2, 0.25) is 0 Å². The number of rotatable bonds is 1. The van der Waals surface area contributed by atoms with Crippen LogP contribution in [0.15, 0.2) is 54.6 Å². The topological polar surface area (TPSA) is 40.5 Å². The molecule has 2 aromatic rings. The van der Waals surface area contributed by atoms with Crippen LogP contribution in [0.1, 0.15) is 35.8 Å². The monoisotopic (exact) mass is 343 g/mol. The summed E-state index contributed by atoms with van der Waals surface area (Å²) in [6.45, 7) is 0.857. The molecule has 6 rings (SSSR count). The predicted octanol–water partition coefficient (Wildman–Crippen LogP) is 4.45. The van der Waals surface area contributed by atoms with E-state index in [0.717, 1.165) is 19.4 Å². The number of carboxylic acids is 1. The molecule has 4 aliphatic rings. The molecule has 130 valence electrons. The highest BCUT2D eigenvalue weighted by molar-refractivity contribution is 5.96. The summed E-state index contributed by atoms with van der Waals surface area (Å²) >= 11 is 0. The van der Waals surface area contributed by atoms with Crippen molar-refractivity contribution in [2.45, 2.75) is 30.7 Å². The number of carbonyl (C=O) groups is 1. The second-order valence-corrected chi connectivity index (χ2v) is 8.19. The van der Waals surface area contributed by atoms with E-state index in [0.29, 0.717) is 11.8 Å². The fourth-order valence-corrected chi connectivity index (χ4v) is 6.00. The number of allylic oxidation sites excluding steroid dienone is 4. The molecular formula is C23H21NO2. The van der Waals surface area contributed by atoms with E-state index in [1.807, 2.05) is 0 Å². The van der Waals surface area contributed by atoms with Crippen molar-refractivity contribution in [3.63, 3.8) is 0 Å². The molecule has 0 unspecified atom stereocenters. The molecule has 0 spiro atoms. The van der Waals surface area contributed by atoms with Crippen molar-refractivity contribution >= 4 is 22.4 Å². The van der Waals surface area contributed by atoms with Crippen LogP contribution >= 0.6 is 0 Å². The van der Waals surface area contributed by atoms with Gasteiger partial charge in [-0.25, -0.2) is 4.79 Å². The Balaban J connectivity index is 1.72. The molecule has 3 nitrogen and oxygen atoms in total. The molecular weight excluding hydrogens is 322 g/mol. The zero-order valence-electron chi connectivity index (χ0n) is 14.5. The van der Waals surface area contributed by atoms with E-state index in [2.05, 4.69) is 59.5 Å². The molecule has 0 radical (unpaired) electrons. The van der Waals surface area contributed by atoms with Crippen LogP contribution in [0.3, 0.4) is 0 Å². The van der Waals surface area contributed by atoms with Crippen LogP contribution in [-0.4, -0.2) is 23.7 Å². The van der Waals surface area contributed by atoms with Crippen molar-refractivity contribution in [2.24, 2.45) is 11.8 Å². The Labute approximate surface area is 152 Å². The normalized spacial score (nSPS) is 33.2. The van der Waals surface area contributed by atoms with Gasteiger partial charge in [0.15, 0.2) is 0 Å². The Kier molecular flexibility index (Phi) is 2.81. The van der Waals surface area contributed by atoms with Gasteiger partial charge in [-0.1, -0.05) is 48.6 Å². The number of benzene rings is 2. The highest BCUT2D eigenvalue weighted by Crippen LogP contribution is 2.56. The van der Waals surface area contributed by atoms with Gasteiger partial charge < -0.3 is 10.0 Å². The first-order chi connectivity index (χ1) is 12.7. The van der Waals surface area contributed by atoms with Gasteiger partial charge in [-0.15, -0.1) is 0 Å². The number of carboxylic acid groups (broad SMARTS) is 1. The van der Waals surface area contributed by atoms with E-state index in [1.165, 1.54) is 27.6 Å². The van der Waals surface area contributed by atoms with Crippen molar-refractivity contribution in [3.8, 4) is 0 Å². The van der Waals surface area contributed by atoms with Crippen LogP contribution in [0.4, 0.5) is 5.69 Å². The summed E-state index contributed by atoms with van der Waals surface area (Å²) in [5.74, 6) is 0.627. The maximum atomic E-state index is 12.3. The van der Waals surface area contributed by atoms with Crippen molar-refractivity contribution in [2.75, 3.05) is 11.4 Å². The fraction of sp³-hybridized carbons (Fsp3) is 0.348. The maximum Gasteiger partial charge on any atom is 0.326 e. The van der Waals surface area contributed by atoms with Gasteiger partial charge in [-0.05, 0) is 46.7 Å². The number of hydrogen-bond donors (Lipinski definition) is 1. The minimum Gasteiger partial charge on any atom is -0.480 e. The first kappa shape index (κ1) is 14.6. The van der Waals surface area contributed by atoms with Crippen LogP contribution in [0.5, 0.6) is 0 Å². The molecule has 0 saturated heterocycles. The molecule has 0 aromatic heterocycles. The van der Waals surface area contributed by atoms with E-state index in [-0.39, 0.29) is 11.8 Å². The Morgan fingerprint density at radius 2 is 1.88 bits per heavy atom. The highest BCUT2D eigenvalue weighted by atomic mass is 16.4. The summed E-state index contributed by atoms with van der Waals surface area (Å²) in [5.41, 5.74) is 3.93. The number of hydrogen-bond acceptors (Lipinski definition) is 2. The zero-order valence-corrected chi connectivity index (χ0v) is 14.5. The standard InChI is InChI=1S/C23H21NO2/c25-23(26)22-18-10-4-9-17(18)20-16-7-2-1-5-13(16)11-19-15-8-3-6-14(15)12-24(22)21(19)20/h1-5,7-9,11,14-15,17-18,22H,6,10,12H2,(H,25,26)/t14-,15+,17-,18+,22-/m1/s1. The summed E-state index contributed by atoms with van der Waals surface area (Å²) < 4.78 is 0. The first-order valence-corrected chi connectivity index (χ1v) is 9.62. The summed E-state index contributed by atoms with van der Waals surface area (Å²) in [5, 5.41) is 12.7. The zero-order chi connectivity index (χ0) is 17.4. The maximum absolute atomic E-state index is 12.3. The molecule has 26 heavy (non-hydrogen) atoms. The molecule has 2 aliphatic heterocycles. The molecule has 0 fully saturated rings. The second kappa shape index (κ2) is 5.00. The van der Waals surface area contributed by atoms with Crippen molar-refractivity contribution in [1.29, 1.82) is 0 Å². The quantitative estimate of drug-likeness (QED) is 0.778. The molecule has 2 aliphatic carbocycles. The summed E-state index contributed by atoms with van der Waals surface area (Å²) in [6, 6.07) is 10.5. The van der Waals surface area contributed by atoms with Crippen molar-refractivity contribution in [3.05, 3.63) is 65.8 Å². The Morgan fingerprint density at radius 1 is 1.08 bits per heavy atom. The fourth-order valence-electron chi connectivity index (χ4n) is 6.00. The van der Waals surface area contributed by atoms with Crippen LogP contribution in [0.2, 0.25) is 0 Å². The van der Waals surface area contributed by atoms with Gasteiger partial charge in [0.05, 0.1) is 0 Å². The molecule has 0 amide bonds. The van der Waals surface area contributed by atoms with Gasteiger partial charge in [-0.3, -0.25) is 0 Å². The van der Waals surface area contributed by atoms with Gasteiger partial charge in [0.25, 0.3) is 0 Å². The average molecular weight is 343 g/mol. The largest absolute Gasteiger partial charge is 0.480 e. The van der Waals surface area contributed by atoms with Crippen molar-refractivity contribution in [1.82, 2.24) is 0 Å². The van der Waals surface area contributed by atoms with E-state index >= 15 is 0 Å².